The topological polar surface area (TPSA) is 34.1 Å². The van der Waals surface area contributed by atoms with E-state index >= 15 is 0 Å². The van der Waals surface area contributed by atoms with Gasteiger partial charge in [0, 0.05) is 24.4 Å². The number of rotatable bonds is 9. The molecule has 0 saturated carbocycles. The van der Waals surface area contributed by atoms with E-state index in [0.717, 1.165) is 31.8 Å². The zero-order valence-corrected chi connectivity index (χ0v) is 13.7. The van der Waals surface area contributed by atoms with Gasteiger partial charge in [-0.15, -0.1) is 11.3 Å². The summed E-state index contributed by atoms with van der Waals surface area (Å²) in [5, 5.41) is 6.72. The van der Waals surface area contributed by atoms with Gasteiger partial charge in [0.2, 0.25) is 0 Å². The lowest BCUT2D eigenvalue weighted by atomic mass is 10.2. The van der Waals surface area contributed by atoms with E-state index in [1.807, 2.05) is 6.07 Å². The Bertz CT molecular complexity index is 511. The highest BCUT2D eigenvalue weighted by molar-refractivity contribution is 7.09. The number of thiazole rings is 1. The van der Waals surface area contributed by atoms with Crippen LogP contribution in [0.1, 0.15) is 42.5 Å². The van der Waals surface area contributed by atoms with Crippen LogP contribution < -0.4 is 5.32 Å². The Morgan fingerprint density at radius 2 is 2.05 bits per heavy atom. The fourth-order valence-corrected chi connectivity index (χ4v) is 2.78. The monoisotopic (exact) mass is 304 g/mol. The molecule has 0 bridgehead atoms. The van der Waals surface area contributed by atoms with Crippen LogP contribution in [0.3, 0.4) is 0 Å². The van der Waals surface area contributed by atoms with Crippen LogP contribution in [0.2, 0.25) is 0 Å². The van der Waals surface area contributed by atoms with Crippen molar-refractivity contribution >= 4 is 11.3 Å². The molecule has 21 heavy (non-hydrogen) atoms. The van der Waals surface area contributed by atoms with Crippen molar-refractivity contribution < 1.29 is 4.74 Å². The van der Waals surface area contributed by atoms with Gasteiger partial charge in [0.25, 0.3) is 0 Å². The van der Waals surface area contributed by atoms with Crippen molar-refractivity contribution in [1.29, 1.82) is 0 Å². The second-order valence-electron chi connectivity index (χ2n) is 5.40. The van der Waals surface area contributed by atoms with Crippen LogP contribution in [-0.2, 0) is 17.9 Å². The molecule has 4 heteroatoms. The zero-order valence-electron chi connectivity index (χ0n) is 12.8. The summed E-state index contributed by atoms with van der Waals surface area (Å²) in [6.07, 6.45) is 1.02. The van der Waals surface area contributed by atoms with Crippen LogP contribution in [-0.4, -0.2) is 18.1 Å². The standard InChI is InChI=1S/C17H24N2OS/c1-14(2)17-19-16(13-21-17)12-20-10-6-9-18-11-15-7-4-3-5-8-15/h3-5,7-8,13-14,18H,6,9-12H2,1-2H3. The summed E-state index contributed by atoms with van der Waals surface area (Å²) in [6, 6.07) is 10.5. The van der Waals surface area contributed by atoms with Crippen molar-refractivity contribution in [2.75, 3.05) is 13.2 Å². The summed E-state index contributed by atoms with van der Waals surface area (Å²) >= 11 is 1.72. The quantitative estimate of drug-likeness (QED) is 0.712. The lowest BCUT2D eigenvalue weighted by molar-refractivity contribution is 0.116. The fourth-order valence-electron chi connectivity index (χ4n) is 1.96. The molecule has 1 N–H and O–H groups in total. The van der Waals surface area contributed by atoms with Crippen molar-refractivity contribution in [2.24, 2.45) is 0 Å². The third-order valence-electron chi connectivity index (χ3n) is 3.13. The van der Waals surface area contributed by atoms with Gasteiger partial charge in [0.05, 0.1) is 17.3 Å². The Hall–Kier alpha value is -1.23. The number of nitrogens with one attached hydrogen (secondary N) is 1. The summed E-state index contributed by atoms with van der Waals surface area (Å²) in [6.45, 7) is 7.63. The average molecular weight is 304 g/mol. The largest absolute Gasteiger partial charge is 0.375 e. The van der Waals surface area contributed by atoms with Crippen molar-refractivity contribution in [3.63, 3.8) is 0 Å². The molecule has 2 aromatic rings. The number of hydrogen-bond acceptors (Lipinski definition) is 4. The first-order valence-electron chi connectivity index (χ1n) is 7.52. The van der Waals surface area contributed by atoms with Gasteiger partial charge in [-0.3, -0.25) is 0 Å². The van der Waals surface area contributed by atoms with Gasteiger partial charge < -0.3 is 10.1 Å². The molecular weight excluding hydrogens is 280 g/mol. The molecular formula is C17H24N2OS. The molecule has 0 spiro atoms. The normalized spacial score (nSPS) is 11.2. The number of ether oxygens (including phenoxy) is 1. The van der Waals surface area contributed by atoms with Crippen LogP contribution in [0.25, 0.3) is 0 Å². The van der Waals surface area contributed by atoms with E-state index in [2.05, 4.69) is 53.8 Å². The molecule has 0 aliphatic carbocycles. The Morgan fingerprint density at radius 1 is 1.24 bits per heavy atom. The first-order chi connectivity index (χ1) is 10.3. The van der Waals surface area contributed by atoms with Crippen LogP contribution in [0, 0.1) is 0 Å². The molecule has 1 aromatic carbocycles. The summed E-state index contributed by atoms with van der Waals surface area (Å²) in [4.78, 5) is 4.56. The molecule has 0 unspecified atom stereocenters. The Morgan fingerprint density at radius 3 is 2.76 bits per heavy atom. The van der Waals surface area contributed by atoms with Crippen molar-refractivity contribution in [3.8, 4) is 0 Å². The second-order valence-corrected chi connectivity index (χ2v) is 6.29. The maximum atomic E-state index is 5.67. The number of hydrogen-bond donors (Lipinski definition) is 1. The molecule has 0 fully saturated rings. The molecule has 1 heterocycles. The average Bonchev–Trinajstić information content (AvgIpc) is 2.96. The molecule has 0 aliphatic rings. The van der Waals surface area contributed by atoms with Gasteiger partial charge in [-0.25, -0.2) is 4.98 Å². The molecule has 0 saturated heterocycles. The molecule has 2 rings (SSSR count). The molecule has 0 radical (unpaired) electrons. The second kappa shape index (κ2) is 8.93. The van der Waals surface area contributed by atoms with Crippen LogP contribution >= 0.6 is 11.3 Å². The van der Waals surface area contributed by atoms with E-state index in [1.54, 1.807) is 11.3 Å². The molecule has 0 atom stereocenters. The molecule has 0 aliphatic heterocycles. The number of nitrogens with zero attached hydrogens (tertiary/aromatic N) is 1. The van der Waals surface area contributed by atoms with Crippen molar-refractivity contribution in [2.45, 2.75) is 39.3 Å². The van der Waals surface area contributed by atoms with E-state index in [4.69, 9.17) is 4.74 Å². The predicted octanol–water partition coefficient (Wildman–Crippen LogP) is 3.96. The fraction of sp³-hybridized carbons (Fsp3) is 0.471. The van der Waals surface area contributed by atoms with E-state index in [9.17, 15) is 0 Å². The van der Waals surface area contributed by atoms with Gasteiger partial charge in [-0.2, -0.15) is 0 Å². The van der Waals surface area contributed by atoms with Gasteiger partial charge in [0.15, 0.2) is 0 Å². The summed E-state index contributed by atoms with van der Waals surface area (Å²) < 4.78 is 5.67. The first-order valence-corrected chi connectivity index (χ1v) is 8.40. The smallest absolute Gasteiger partial charge is 0.0954 e. The third-order valence-corrected chi connectivity index (χ3v) is 4.32. The van der Waals surface area contributed by atoms with Gasteiger partial charge >= 0.3 is 0 Å². The Kier molecular flexibility index (Phi) is 6.86. The SMILES string of the molecule is CC(C)c1nc(COCCCNCc2ccccc2)cs1. The minimum absolute atomic E-state index is 0.505. The summed E-state index contributed by atoms with van der Waals surface area (Å²) in [7, 11) is 0. The van der Waals surface area contributed by atoms with Crippen molar-refractivity contribution in [3.05, 3.63) is 52.0 Å². The molecule has 3 nitrogen and oxygen atoms in total. The van der Waals surface area contributed by atoms with Crippen LogP contribution in [0.15, 0.2) is 35.7 Å². The van der Waals surface area contributed by atoms with Gasteiger partial charge in [-0.1, -0.05) is 44.2 Å². The van der Waals surface area contributed by atoms with Crippen LogP contribution in [0.4, 0.5) is 0 Å². The lowest BCUT2D eigenvalue weighted by Gasteiger charge is -2.05. The summed E-state index contributed by atoms with van der Waals surface area (Å²) in [5.41, 5.74) is 2.38. The highest BCUT2D eigenvalue weighted by atomic mass is 32.1. The molecule has 0 amide bonds. The first kappa shape index (κ1) is 16.1. The maximum absolute atomic E-state index is 5.67. The van der Waals surface area contributed by atoms with E-state index in [1.165, 1.54) is 10.6 Å². The Balaban J connectivity index is 1.52. The predicted molar refractivity (Wildman–Crippen MR) is 88.6 cm³/mol. The molecule has 1 aromatic heterocycles. The highest BCUT2D eigenvalue weighted by Gasteiger charge is 2.05. The van der Waals surface area contributed by atoms with Crippen molar-refractivity contribution in [1.82, 2.24) is 10.3 Å². The maximum Gasteiger partial charge on any atom is 0.0954 e. The van der Waals surface area contributed by atoms with Gasteiger partial charge in [-0.05, 0) is 18.5 Å². The summed E-state index contributed by atoms with van der Waals surface area (Å²) in [5.74, 6) is 0.505. The lowest BCUT2D eigenvalue weighted by Crippen LogP contribution is -2.16. The van der Waals surface area contributed by atoms with E-state index < -0.39 is 0 Å². The zero-order chi connectivity index (χ0) is 14.9. The van der Waals surface area contributed by atoms with E-state index in [-0.39, 0.29) is 0 Å². The number of benzene rings is 1. The molecule has 114 valence electrons. The number of aromatic nitrogens is 1. The third kappa shape index (κ3) is 5.96. The minimum Gasteiger partial charge on any atom is -0.375 e. The minimum atomic E-state index is 0.505. The van der Waals surface area contributed by atoms with Gasteiger partial charge in [0.1, 0.15) is 0 Å². The van der Waals surface area contributed by atoms with Crippen LogP contribution in [0.5, 0.6) is 0 Å². The Labute approximate surface area is 131 Å². The van der Waals surface area contributed by atoms with E-state index in [0.29, 0.717) is 12.5 Å². The highest BCUT2D eigenvalue weighted by Crippen LogP contribution is 2.19.